The van der Waals surface area contributed by atoms with Crippen LogP contribution in [0.15, 0.2) is 11.1 Å². The number of aliphatic carboxylic acids is 1. The van der Waals surface area contributed by atoms with E-state index in [2.05, 4.69) is 0 Å². The zero-order valence-electron chi connectivity index (χ0n) is 6.67. The van der Waals surface area contributed by atoms with Crippen LogP contribution < -0.4 is 0 Å². The van der Waals surface area contributed by atoms with Crippen LogP contribution in [-0.2, 0) is 4.79 Å². The summed E-state index contributed by atoms with van der Waals surface area (Å²) in [5.41, 5.74) is 0. The van der Waals surface area contributed by atoms with Crippen molar-refractivity contribution < 1.29 is 9.90 Å². The smallest absolute Gasteiger partial charge is 0.329 e. The summed E-state index contributed by atoms with van der Waals surface area (Å²) in [4.78, 5) is 12.0. The predicted octanol–water partition coefficient (Wildman–Crippen LogP) is 1.15. The summed E-state index contributed by atoms with van der Waals surface area (Å²) in [6.07, 6.45) is 1.60. The number of carboxylic acids is 1. The number of hydrogen-bond acceptors (Lipinski definition) is 2. The molecule has 0 aromatic rings. The van der Waals surface area contributed by atoms with Crippen molar-refractivity contribution in [2.75, 3.05) is 20.6 Å². The van der Waals surface area contributed by atoms with Crippen molar-refractivity contribution in [3.05, 3.63) is 11.1 Å². The molecule has 0 aromatic heterocycles. The third kappa shape index (κ3) is 7.36. The van der Waals surface area contributed by atoms with Crippen LogP contribution in [0.2, 0.25) is 0 Å². The van der Waals surface area contributed by atoms with Crippen molar-refractivity contribution in [1.29, 1.82) is 0 Å². The molecule has 0 rings (SSSR count). The molecule has 0 amide bonds. The molecule has 0 unspecified atom stereocenters. The van der Waals surface area contributed by atoms with Crippen LogP contribution in [0.4, 0.5) is 0 Å². The second-order valence-electron chi connectivity index (χ2n) is 2.48. The van der Waals surface area contributed by atoms with E-state index < -0.39 is 5.97 Å². The van der Waals surface area contributed by atoms with Crippen molar-refractivity contribution in [2.24, 2.45) is 0 Å². The van der Waals surface area contributed by atoms with Crippen LogP contribution >= 0.6 is 11.6 Å². The standard InChI is InChI=1S/C7H12ClNO2/c1-9(2)4-3-6(8)5-7(10)11/h5H,3-4H2,1-2H3,(H,10,11)/b6-5-. The summed E-state index contributed by atoms with van der Waals surface area (Å²) in [5.74, 6) is -0.992. The van der Waals surface area contributed by atoms with Gasteiger partial charge in [-0.2, -0.15) is 0 Å². The monoisotopic (exact) mass is 177 g/mol. The molecule has 3 nitrogen and oxygen atoms in total. The normalized spacial score (nSPS) is 12.2. The Bertz CT molecular complexity index is 166. The quantitative estimate of drug-likeness (QED) is 0.655. The van der Waals surface area contributed by atoms with Gasteiger partial charge in [-0.25, -0.2) is 4.79 Å². The van der Waals surface area contributed by atoms with Gasteiger partial charge < -0.3 is 10.0 Å². The number of halogens is 1. The summed E-state index contributed by atoms with van der Waals surface area (Å²) in [6, 6.07) is 0. The molecule has 0 aromatic carbocycles. The van der Waals surface area contributed by atoms with Crippen LogP contribution in [0.5, 0.6) is 0 Å². The Morgan fingerprint density at radius 2 is 2.18 bits per heavy atom. The highest BCUT2D eigenvalue weighted by molar-refractivity contribution is 6.30. The molecule has 64 valence electrons. The van der Waals surface area contributed by atoms with E-state index in [1.807, 2.05) is 19.0 Å². The van der Waals surface area contributed by atoms with Crippen LogP contribution in [0.25, 0.3) is 0 Å². The molecule has 4 heteroatoms. The first-order chi connectivity index (χ1) is 5.02. The SMILES string of the molecule is CN(C)CC/C(Cl)=C/C(=O)O. The second-order valence-corrected chi connectivity index (χ2v) is 2.97. The zero-order valence-corrected chi connectivity index (χ0v) is 7.43. The Morgan fingerprint density at radius 3 is 2.55 bits per heavy atom. The highest BCUT2D eigenvalue weighted by atomic mass is 35.5. The van der Waals surface area contributed by atoms with Crippen LogP contribution in [0.1, 0.15) is 6.42 Å². The molecule has 0 aliphatic carbocycles. The topological polar surface area (TPSA) is 40.5 Å². The van der Waals surface area contributed by atoms with Crippen molar-refractivity contribution in [2.45, 2.75) is 6.42 Å². The lowest BCUT2D eigenvalue weighted by Gasteiger charge is -2.07. The molecule has 0 aliphatic rings. The van der Waals surface area contributed by atoms with Gasteiger partial charge in [0.05, 0.1) is 0 Å². The summed E-state index contributed by atoms with van der Waals surface area (Å²) in [6.45, 7) is 0.766. The molecule has 0 heterocycles. The fourth-order valence-electron chi connectivity index (χ4n) is 0.537. The van der Waals surface area contributed by atoms with E-state index in [-0.39, 0.29) is 0 Å². The Hall–Kier alpha value is -0.540. The molecular formula is C7H12ClNO2. The van der Waals surface area contributed by atoms with Crippen molar-refractivity contribution in [1.82, 2.24) is 4.90 Å². The Kier molecular flexibility index (Phi) is 4.90. The van der Waals surface area contributed by atoms with Gasteiger partial charge >= 0.3 is 5.97 Å². The maximum atomic E-state index is 10.1. The largest absolute Gasteiger partial charge is 0.478 e. The van der Waals surface area contributed by atoms with E-state index in [1.54, 1.807) is 0 Å². The average molecular weight is 178 g/mol. The van der Waals surface area contributed by atoms with Gasteiger partial charge in [0.1, 0.15) is 0 Å². The lowest BCUT2D eigenvalue weighted by molar-refractivity contribution is -0.131. The molecular weight excluding hydrogens is 166 g/mol. The summed E-state index contributed by atoms with van der Waals surface area (Å²) in [5, 5.41) is 8.66. The van der Waals surface area contributed by atoms with Crippen molar-refractivity contribution in [3.8, 4) is 0 Å². The van der Waals surface area contributed by atoms with Crippen LogP contribution in [0, 0.1) is 0 Å². The Balaban J connectivity index is 3.68. The molecule has 0 bridgehead atoms. The molecule has 0 atom stereocenters. The van der Waals surface area contributed by atoms with E-state index >= 15 is 0 Å². The Labute approximate surface area is 71.3 Å². The molecule has 0 fully saturated rings. The van der Waals surface area contributed by atoms with Crippen LogP contribution in [0.3, 0.4) is 0 Å². The highest BCUT2D eigenvalue weighted by Crippen LogP contribution is 2.06. The second kappa shape index (κ2) is 5.16. The fraction of sp³-hybridized carbons (Fsp3) is 0.571. The van der Waals surface area contributed by atoms with Crippen LogP contribution in [-0.4, -0.2) is 36.6 Å². The molecule has 0 spiro atoms. The zero-order chi connectivity index (χ0) is 8.85. The maximum absolute atomic E-state index is 10.1. The molecule has 0 saturated heterocycles. The van der Waals surface area contributed by atoms with Crippen molar-refractivity contribution in [3.63, 3.8) is 0 Å². The first-order valence-electron chi connectivity index (χ1n) is 3.26. The van der Waals surface area contributed by atoms with Gasteiger partial charge in [-0.3, -0.25) is 0 Å². The molecule has 0 saturated carbocycles. The van der Waals surface area contributed by atoms with Gasteiger partial charge in [0, 0.05) is 17.7 Å². The summed E-state index contributed by atoms with van der Waals surface area (Å²) < 4.78 is 0. The van der Waals surface area contributed by atoms with E-state index in [4.69, 9.17) is 16.7 Å². The van der Waals surface area contributed by atoms with Crippen molar-refractivity contribution >= 4 is 17.6 Å². The fourth-order valence-corrected chi connectivity index (χ4v) is 0.714. The highest BCUT2D eigenvalue weighted by Gasteiger charge is 1.97. The molecule has 0 radical (unpaired) electrons. The number of rotatable bonds is 4. The minimum atomic E-state index is -0.992. The van der Waals surface area contributed by atoms with Gasteiger partial charge in [0.2, 0.25) is 0 Å². The predicted molar refractivity (Wildman–Crippen MR) is 44.7 cm³/mol. The third-order valence-corrected chi connectivity index (χ3v) is 1.38. The van der Waals surface area contributed by atoms with E-state index in [0.717, 1.165) is 12.6 Å². The van der Waals surface area contributed by atoms with E-state index in [0.29, 0.717) is 11.5 Å². The third-order valence-electron chi connectivity index (χ3n) is 1.08. The number of nitrogens with zero attached hydrogens (tertiary/aromatic N) is 1. The van der Waals surface area contributed by atoms with E-state index in [1.165, 1.54) is 0 Å². The van der Waals surface area contributed by atoms with E-state index in [9.17, 15) is 4.79 Å². The molecule has 11 heavy (non-hydrogen) atoms. The minimum absolute atomic E-state index is 0.381. The minimum Gasteiger partial charge on any atom is -0.478 e. The first kappa shape index (κ1) is 10.5. The number of carbonyl (C=O) groups is 1. The number of carboxylic acid groups (broad SMARTS) is 1. The summed E-state index contributed by atoms with van der Waals surface area (Å²) in [7, 11) is 3.82. The van der Waals surface area contributed by atoms with Gasteiger partial charge in [-0.1, -0.05) is 11.6 Å². The van der Waals surface area contributed by atoms with Gasteiger partial charge in [0.15, 0.2) is 0 Å². The Morgan fingerprint density at radius 1 is 1.64 bits per heavy atom. The van der Waals surface area contributed by atoms with Gasteiger partial charge in [-0.15, -0.1) is 0 Å². The molecule has 1 N–H and O–H groups in total. The van der Waals surface area contributed by atoms with Gasteiger partial charge in [0.25, 0.3) is 0 Å². The number of hydrogen-bond donors (Lipinski definition) is 1. The summed E-state index contributed by atoms with van der Waals surface area (Å²) >= 11 is 5.57. The molecule has 0 aliphatic heterocycles. The maximum Gasteiger partial charge on any atom is 0.329 e. The lowest BCUT2D eigenvalue weighted by atomic mass is 10.3. The lowest BCUT2D eigenvalue weighted by Crippen LogP contribution is -2.12. The van der Waals surface area contributed by atoms with Gasteiger partial charge in [-0.05, 0) is 20.5 Å². The first-order valence-corrected chi connectivity index (χ1v) is 3.64. The average Bonchev–Trinajstić information content (AvgIpc) is 1.82.